The summed E-state index contributed by atoms with van der Waals surface area (Å²) in [6.45, 7) is 0. The van der Waals surface area contributed by atoms with Crippen LogP contribution in [0.2, 0.25) is 0 Å². The molecule has 0 bridgehead atoms. The first kappa shape index (κ1) is 18.8. The average Bonchev–Trinajstić information content (AvgIpc) is 3.08. The fourth-order valence-electron chi connectivity index (χ4n) is 3.64. The summed E-state index contributed by atoms with van der Waals surface area (Å²) in [5.41, 5.74) is 0. The highest BCUT2D eigenvalue weighted by Gasteiger charge is 2.25. The van der Waals surface area contributed by atoms with Crippen molar-refractivity contribution in [3.05, 3.63) is 24.3 Å². The monoisotopic (exact) mass is 386 g/mol. The van der Waals surface area contributed by atoms with E-state index in [1.807, 2.05) is 0 Å². The van der Waals surface area contributed by atoms with Crippen LogP contribution < -0.4 is 9.44 Å². The first-order valence-corrected chi connectivity index (χ1v) is 12.0. The molecule has 0 unspecified atom stereocenters. The molecule has 1 aromatic rings. The minimum atomic E-state index is -3.61. The summed E-state index contributed by atoms with van der Waals surface area (Å²) in [5.74, 6) is 0. The van der Waals surface area contributed by atoms with Crippen molar-refractivity contribution in [3.8, 4) is 0 Å². The Kier molecular flexibility index (Phi) is 5.82. The summed E-state index contributed by atoms with van der Waals surface area (Å²) < 4.78 is 55.1. The van der Waals surface area contributed by atoms with Gasteiger partial charge in [0.2, 0.25) is 20.0 Å². The van der Waals surface area contributed by atoms with E-state index in [-0.39, 0.29) is 21.9 Å². The van der Waals surface area contributed by atoms with Crippen LogP contribution >= 0.6 is 0 Å². The molecule has 0 aromatic heterocycles. The lowest BCUT2D eigenvalue weighted by Crippen LogP contribution is -2.36. The van der Waals surface area contributed by atoms with Crippen molar-refractivity contribution in [2.45, 2.75) is 79.7 Å². The normalized spacial score (nSPS) is 20.8. The van der Waals surface area contributed by atoms with Crippen molar-refractivity contribution in [2.75, 3.05) is 0 Å². The van der Waals surface area contributed by atoms with Gasteiger partial charge in [-0.15, -0.1) is 0 Å². The standard InChI is InChI=1S/C17H26N2O4S2/c20-24(21,18-14-6-2-1-3-7-14)16-10-12-17(13-11-16)25(22,23)19-15-8-4-5-9-15/h10-15,18-19H,1-9H2. The van der Waals surface area contributed by atoms with E-state index in [1.54, 1.807) is 0 Å². The van der Waals surface area contributed by atoms with Crippen LogP contribution in [0, 0.1) is 0 Å². The fourth-order valence-corrected chi connectivity index (χ4v) is 6.25. The summed E-state index contributed by atoms with van der Waals surface area (Å²) in [6, 6.07) is 5.44. The Labute approximate surface area is 150 Å². The van der Waals surface area contributed by atoms with Crippen LogP contribution in [0.1, 0.15) is 57.8 Å². The quantitative estimate of drug-likeness (QED) is 0.786. The van der Waals surface area contributed by atoms with Crippen molar-refractivity contribution in [2.24, 2.45) is 0 Å². The molecule has 2 fully saturated rings. The van der Waals surface area contributed by atoms with E-state index in [4.69, 9.17) is 0 Å². The molecule has 0 spiro atoms. The van der Waals surface area contributed by atoms with E-state index in [2.05, 4.69) is 9.44 Å². The first-order chi connectivity index (χ1) is 11.9. The maximum absolute atomic E-state index is 12.5. The molecule has 0 saturated heterocycles. The third-order valence-electron chi connectivity index (χ3n) is 5.05. The molecule has 2 N–H and O–H groups in total. The van der Waals surface area contributed by atoms with Crippen LogP contribution in [-0.4, -0.2) is 28.9 Å². The molecule has 0 heterocycles. The molecular weight excluding hydrogens is 360 g/mol. The van der Waals surface area contributed by atoms with Crippen molar-refractivity contribution in [1.29, 1.82) is 0 Å². The van der Waals surface area contributed by atoms with E-state index in [0.29, 0.717) is 0 Å². The van der Waals surface area contributed by atoms with Crippen molar-refractivity contribution < 1.29 is 16.8 Å². The zero-order valence-corrected chi connectivity index (χ0v) is 15.9. The second-order valence-corrected chi connectivity index (χ2v) is 10.5. The van der Waals surface area contributed by atoms with Crippen LogP contribution in [0.3, 0.4) is 0 Å². The molecule has 0 amide bonds. The first-order valence-electron chi connectivity index (χ1n) is 9.01. The lowest BCUT2D eigenvalue weighted by molar-refractivity contribution is 0.412. The Morgan fingerprint density at radius 3 is 1.28 bits per heavy atom. The Hall–Kier alpha value is -0.960. The number of benzene rings is 1. The zero-order chi connectivity index (χ0) is 17.9. The predicted octanol–water partition coefficient (Wildman–Crippen LogP) is 2.52. The lowest BCUT2D eigenvalue weighted by Gasteiger charge is -2.22. The molecule has 25 heavy (non-hydrogen) atoms. The van der Waals surface area contributed by atoms with E-state index in [0.717, 1.165) is 57.8 Å². The molecule has 8 heteroatoms. The molecule has 0 atom stereocenters. The van der Waals surface area contributed by atoms with Gasteiger partial charge in [0, 0.05) is 12.1 Å². The summed E-state index contributed by atoms with van der Waals surface area (Å²) in [5, 5.41) is 0. The lowest BCUT2D eigenvalue weighted by atomic mass is 9.96. The second-order valence-electron chi connectivity index (χ2n) is 7.03. The number of hydrogen-bond donors (Lipinski definition) is 2. The van der Waals surface area contributed by atoms with Gasteiger partial charge in [0.15, 0.2) is 0 Å². The Morgan fingerprint density at radius 2 is 0.920 bits per heavy atom. The van der Waals surface area contributed by atoms with Gasteiger partial charge in [0.1, 0.15) is 0 Å². The van der Waals surface area contributed by atoms with Crippen LogP contribution in [0.25, 0.3) is 0 Å². The van der Waals surface area contributed by atoms with Crippen LogP contribution in [0.4, 0.5) is 0 Å². The van der Waals surface area contributed by atoms with E-state index in [1.165, 1.54) is 24.3 Å². The molecular formula is C17H26N2O4S2. The van der Waals surface area contributed by atoms with Gasteiger partial charge in [-0.2, -0.15) is 0 Å². The number of hydrogen-bond acceptors (Lipinski definition) is 4. The summed E-state index contributed by atoms with van der Waals surface area (Å²) in [7, 11) is -7.21. The molecule has 1 aromatic carbocycles. The number of sulfonamides is 2. The van der Waals surface area contributed by atoms with Gasteiger partial charge in [-0.05, 0) is 49.9 Å². The van der Waals surface area contributed by atoms with Gasteiger partial charge in [0.25, 0.3) is 0 Å². The highest BCUT2D eigenvalue weighted by atomic mass is 32.2. The van der Waals surface area contributed by atoms with Crippen molar-refractivity contribution in [1.82, 2.24) is 9.44 Å². The van der Waals surface area contributed by atoms with Gasteiger partial charge in [0.05, 0.1) is 9.79 Å². The second kappa shape index (κ2) is 7.73. The van der Waals surface area contributed by atoms with Crippen LogP contribution in [0.5, 0.6) is 0 Å². The van der Waals surface area contributed by atoms with Gasteiger partial charge < -0.3 is 0 Å². The minimum absolute atomic E-state index is 0.0126. The van der Waals surface area contributed by atoms with Gasteiger partial charge in [-0.3, -0.25) is 0 Å². The number of rotatable bonds is 6. The highest BCUT2D eigenvalue weighted by molar-refractivity contribution is 7.90. The van der Waals surface area contributed by atoms with Crippen LogP contribution in [-0.2, 0) is 20.0 Å². The predicted molar refractivity (Wildman–Crippen MR) is 96.2 cm³/mol. The summed E-state index contributed by atoms with van der Waals surface area (Å²) in [6.07, 6.45) is 8.74. The van der Waals surface area contributed by atoms with E-state index < -0.39 is 20.0 Å². The summed E-state index contributed by atoms with van der Waals surface area (Å²) in [4.78, 5) is 0.217. The smallest absolute Gasteiger partial charge is 0.208 e. The van der Waals surface area contributed by atoms with Crippen molar-refractivity contribution in [3.63, 3.8) is 0 Å². The fraction of sp³-hybridized carbons (Fsp3) is 0.647. The molecule has 0 aliphatic heterocycles. The average molecular weight is 387 g/mol. The third-order valence-corrected chi connectivity index (χ3v) is 8.12. The molecule has 2 saturated carbocycles. The molecule has 140 valence electrons. The maximum Gasteiger partial charge on any atom is 0.240 e. The number of nitrogens with one attached hydrogen (secondary N) is 2. The Morgan fingerprint density at radius 1 is 0.600 bits per heavy atom. The molecule has 3 rings (SSSR count). The van der Waals surface area contributed by atoms with Gasteiger partial charge in [-0.25, -0.2) is 26.3 Å². The maximum atomic E-state index is 12.5. The van der Waals surface area contributed by atoms with Gasteiger partial charge in [-0.1, -0.05) is 32.1 Å². The minimum Gasteiger partial charge on any atom is -0.208 e. The molecule has 0 radical (unpaired) electrons. The Bertz CT molecular complexity index is 776. The SMILES string of the molecule is O=S(=O)(NC1CCCCC1)c1ccc(S(=O)(=O)NC2CCCC2)cc1. The van der Waals surface area contributed by atoms with Crippen LogP contribution in [0.15, 0.2) is 34.1 Å². The summed E-state index contributed by atoms with van der Waals surface area (Å²) >= 11 is 0. The van der Waals surface area contributed by atoms with Crippen molar-refractivity contribution >= 4 is 20.0 Å². The third kappa shape index (κ3) is 4.81. The largest absolute Gasteiger partial charge is 0.240 e. The van der Waals surface area contributed by atoms with E-state index >= 15 is 0 Å². The Balaban J connectivity index is 1.70. The highest BCUT2D eigenvalue weighted by Crippen LogP contribution is 2.22. The van der Waals surface area contributed by atoms with Gasteiger partial charge >= 0.3 is 0 Å². The van der Waals surface area contributed by atoms with E-state index in [9.17, 15) is 16.8 Å². The zero-order valence-electron chi connectivity index (χ0n) is 14.3. The molecule has 6 nitrogen and oxygen atoms in total. The topological polar surface area (TPSA) is 92.3 Å². The molecule has 2 aliphatic carbocycles. The molecule has 2 aliphatic rings.